The van der Waals surface area contributed by atoms with Gasteiger partial charge in [-0.3, -0.25) is 4.79 Å². The van der Waals surface area contributed by atoms with E-state index in [1.165, 1.54) is 42.7 Å². The number of β-amino-alcohol motifs (C(OH)–C–C–N with tert-alkyl or cyclic N) is 1. The summed E-state index contributed by atoms with van der Waals surface area (Å²) in [6.07, 6.45) is -1.05. The van der Waals surface area contributed by atoms with Crippen LogP contribution in [-0.4, -0.2) is 48.6 Å². The van der Waals surface area contributed by atoms with Gasteiger partial charge in [0.15, 0.2) is 0 Å². The lowest BCUT2D eigenvalue weighted by Gasteiger charge is -2.27. The second-order valence-corrected chi connectivity index (χ2v) is 8.51. The van der Waals surface area contributed by atoms with Crippen LogP contribution in [-0.2, 0) is 21.2 Å². The Kier molecular flexibility index (Phi) is 4.83. The van der Waals surface area contributed by atoms with Crippen LogP contribution >= 0.6 is 11.3 Å². The van der Waals surface area contributed by atoms with Crippen LogP contribution in [0.3, 0.4) is 0 Å². The lowest BCUT2D eigenvalue weighted by molar-refractivity contribution is -0.141. The molecule has 2 atom stereocenters. The van der Waals surface area contributed by atoms with Gasteiger partial charge in [0.2, 0.25) is 10.0 Å². The molecule has 0 saturated carbocycles. The Morgan fingerprint density at radius 1 is 1.28 bits per heavy atom. The van der Waals surface area contributed by atoms with E-state index in [0.717, 1.165) is 4.31 Å². The molecule has 9 heteroatoms. The molecule has 0 saturated heterocycles. The Labute approximate surface area is 149 Å². The fourth-order valence-corrected chi connectivity index (χ4v) is 5.41. The zero-order valence-corrected chi connectivity index (χ0v) is 15.0. The quantitative estimate of drug-likeness (QED) is 0.829. The van der Waals surface area contributed by atoms with Crippen molar-refractivity contribution in [2.75, 3.05) is 13.7 Å². The predicted octanol–water partition coefficient (Wildman–Crippen LogP) is 1.49. The van der Waals surface area contributed by atoms with Crippen LogP contribution in [0.5, 0.6) is 5.75 Å². The minimum absolute atomic E-state index is 0.0226. The number of aliphatic carboxylic acids is 1. The third kappa shape index (κ3) is 3.28. The van der Waals surface area contributed by atoms with Crippen LogP contribution in [0.4, 0.5) is 0 Å². The summed E-state index contributed by atoms with van der Waals surface area (Å²) >= 11 is 1.32. The van der Waals surface area contributed by atoms with Crippen molar-refractivity contribution < 1.29 is 28.2 Å². The summed E-state index contributed by atoms with van der Waals surface area (Å²) in [5, 5.41) is 21.7. The number of benzene rings is 1. The van der Waals surface area contributed by atoms with E-state index in [0.29, 0.717) is 16.2 Å². The average Bonchev–Trinajstić information content (AvgIpc) is 3.00. The first kappa shape index (κ1) is 17.9. The highest BCUT2D eigenvalue weighted by Gasteiger charge is 2.40. The smallest absolute Gasteiger partial charge is 0.322 e. The number of hydrogen-bond acceptors (Lipinski definition) is 6. The number of fused-ring (bicyclic) bond motifs is 1. The Morgan fingerprint density at radius 2 is 1.96 bits per heavy atom. The van der Waals surface area contributed by atoms with Crippen LogP contribution in [0, 0.1) is 0 Å². The third-order valence-electron chi connectivity index (χ3n) is 4.17. The predicted molar refractivity (Wildman–Crippen MR) is 91.3 cm³/mol. The molecule has 134 valence electrons. The summed E-state index contributed by atoms with van der Waals surface area (Å²) in [5.41, 5.74) is 0.587. The summed E-state index contributed by atoms with van der Waals surface area (Å²) in [6.45, 7) is -0.310. The number of carbonyl (C=O) groups is 1. The Bertz CT molecular complexity index is 874. The fourth-order valence-electron chi connectivity index (χ4n) is 2.85. The van der Waals surface area contributed by atoms with Crippen molar-refractivity contribution in [3.8, 4) is 5.75 Å². The molecule has 7 nitrogen and oxygen atoms in total. The van der Waals surface area contributed by atoms with Crippen LogP contribution < -0.4 is 4.74 Å². The minimum atomic E-state index is -4.09. The maximum atomic E-state index is 13.0. The number of methoxy groups -OCH3 is 1. The molecule has 0 bridgehead atoms. The number of hydrogen-bond donors (Lipinski definition) is 2. The monoisotopic (exact) mass is 383 g/mol. The second kappa shape index (κ2) is 6.75. The molecule has 0 spiro atoms. The van der Waals surface area contributed by atoms with Gasteiger partial charge >= 0.3 is 5.97 Å². The van der Waals surface area contributed by atoms with Gasteiger partial charge in [0, 0.05) is 17.8 Å². The molecule has 0 aliphatic carbocycles. The summed E-state index contributed by atoms with van der Waals surface area (Å²) in [5.74, 6) is -0.752. The molecule has 2 heterocycles. The summed E-state index contributed by atoms with van der Waals surface area (Å²) in [4.78, 5) is 12.4. The highest BCUT2D eigenvalue weighted by molar-refractivity contribution is 7.89. The molecule has 25 heavy (non-hydrogen) atoms. The van der Waals surface area contributed by atoms with Crippen LogP contribution in [0.25, 0.3) is 0 Å². The average molecular weight is 383 g/mol. The number of nitrogens with zero attached hydrogens (tertiary/aromatic N) is 1. The van der Waals surface area contributed by atoms with Crippen molar-refractivity contribution in [1.82, 2.24) is 4.31 Å². The van der Waals surface area contributed by atoms with Crippen molar-refractivity contribution >= 4 is 27.3 Å². The maximum Gasteiger partial charge on any atom is 0.322 e. The lowest BCUT2D eigenvalue weighted by atomic mass is 10.1. The molecule has 0 radical (unpaired) electrons. The molecule has 2 N–H and O–H groups in total. The van der Waals surface area contributed by atoms with Gasteiger partial charge in [-0.05, 0) is 41.3 Å². The van der Waals surface area contributed by atoms with Gasteiger partial charge in [0.05, 0.1) is 18.1 Å². The van der Waals surface area contributed by atoms with Gasteiger partial charge in [-0.25, -0.2) is 8.42 Å². The highest BCUT2D eigenvalue weighted by atomic mass is 32.2. The lowest BCUT2D eigenvalue weighted by Crippen LogP contribution is -2.46. The Balaban J connectivity index is 2.02. The Morgan fingerprint density at radius 3 is 2.56 bits per heavy atom. The molecule has 1 aromatic heterocycles. The summed E-state index contributed by atoms with van der Waals surface area (Å²) in [7, 11) is -2.63. The van der Waals surface area contributed by atoms with E-state index in [2.05, 4.69) is 0 Å². The molecule has 3 rings (SSSR count). The van der Waals surface area contributed by atoms with Crippen molar-refractivity contribution in [2.24, 2.45) is 0 Å². The molecule has 2 aromatic rings. The van der Waals surface area contributed by atoms with Crippen LogP contribution in [0.2, 0.25) is 0 Å². The molecule has 1 aliphatic heterocycles. The van der Waals surface area contributed by atoms with Gasteiger partial charge in [-0.2, -0.15) is 4.31 Å². The van der Waals surface area contributed by atoms with E-state index in [1.54, 1.807) is 11.4 Å². The van der Waals surface area contributed by atoms with Crippen molar-refractivity contribution in [3.05, 3.63) is 46.2 Å². The van der Waals surface area contributed by atoms with Crippen LogP contribution in [0.1, 0.15) is 16.5 Å². The second-order valence-electron chi connectivity index (χ2n) is 5.62. The fraction of sp³-hybridized carbons (Fsp3) is 0.312. The molecular weight excluding hydrogens is 366 g/mol. The molecular formula is C16H17NO6S2. The topological polar surface area (TPSA) is 104 Å². The van der Waals surface area contributed by atoms with Crippen LogP contribution in [0.15, 0.2) is 40.6 Å². The SMILES string of the molecule is COc1ccc(S(=O)(=O)N2C[C@@H](O)c3ccsc3C[C@H]2C(=O)O)cc1. The highest BCUT2D eigenvalue weighted by Crippen LogP contribution is 2.33. The number of aliphatic hydroxyl groups is 1. The molecule has 1 aromatic carbocycles. The molecule has 1 aliphatic rings. The van der Waals surface area contributed by atoms with E-state index in [4.69, 9.17) is 4.74 Å². The minimum Gasteiger partial charge on any atom is -0.497 e. The number of carboxylic acids is 1. The van der Waals surface area contributed by atoms with Crippen molar-refractivity contribution in [2.45, 2.75) is 23.5 Å². The van der Waals surface area contributed by atoms with E-state index in [9.17, 15) is 23.4 Å². The van der Waals surface area contributed by atoms with Gasteiger partial charge in [-0.1, -0.05) is 0 Å². The van der Waals surface area contributed by atoms with E-state index >= 15 is 0 Å². The van der Waals surface area contributed by atoms with Gasteiger partial charge in [0.25, 0.3) is 0 Å². The largest absolute Gasteiger partial charge is 0.497 e. The van der Waals surface area contributed by atoms with E-state index in [-0.39, 0.29) is 17.9 Å². The van der Waals surface area contributed by atoms with E-state index < -0.39 is 28.1 Å². The standard InChI is InChI=1S/C16H17NO6S2/c1-23-10-2-4-11(5-3-10)25(21,22)17-9-14(18)12-6-7-24-15(12)8-13(17)16(19)20/h2-7,13-14,18H,8-9H2,1H3,(H,19,20)/t13-,14+/m0/s1. The first-order chi connectivity index (χ1) is 11.8. The van der Waals surface area contributed by atoms with E-state index in [1.807, 2.05) is 0 Å². The van der Waals surface area contributed by atoms with Crippen molar-refractivity contribution in [3.63, 3.8) is 0 Å². The number of rotatable bonds is 4. The molecule has 0 amide bonds. The number of ether oxygens (including phenoxy) is 1. The van der Waals surface area contributed by atoms with Gasteiger partial charge < -0.3 is 14.9 Å². The third-order valence-corrected chi connectivity index (χ3v) is 7.02. The summed E-state index contributed by atoms with van der Waals surface area (Å²) < 4.78 is 31.9. The number of aliphatic hydroxyl groups excluding tert-OH is 1. The van der Waals surface area contributed by atoms with Gasteiger partial charge in [0.1, 0.15) is 11.8 Å². The van der Waals surface area contributed by atoms with Crippen molar-refractivity contribution in [1.29, 1.82) is 0 Å². The normalized spacial score (nSPS) is 21.4. The number of thiophene rings is 1. The number of carboxylic acid groups (broad SMARTS) is 1. The zero-order valence-electron chi connectivity index (χ0n) is 13.3. The Hall–Kier alpha value is -1.94. The molecule has 0 fully saturated rings. The number of sulfonamides is 1. The molecule has 0 unspecified atom stereocenters. The first-order valence-electron chi connectivity index (χ1n) is 7.47. The first-order valence-corrected chi connectivity index (χ1v) is 9.79. The van der Waals surface area contributed by atoms with Gasteiger partial charge in [-0.15, -0.1) is 11.3 Å². The zero-order chi connectivity index (χ0) is 18.2. The maximum absolute atomic E-state index is 13.0. The summed E-state index contributed by atoms with van der Waals surface area (Å²) in [6, 6.07) is 6.14.